The molecule has 2 nitrogen and oxygen atoms in total. The van der Waals surface area contributed by atoms with E-state index in [0.717, 1.165) is 18.1 Å². The van der Waals surface area contributed by atoms with E-state index in [0.29, 0.717) is 5.92 Å². The standard InChI is InChI=1S/C8H15NO/c1-6-3-4-8(9-10)7(2)5-6/h6-7,10H,3-5H2,1-2H3/b9-8-. The lowest BCUT2D eigenvalue weighted by atomic mass is 9.82. The summed E-state index contributed by atoms with van der Waals surface area (Å²) in [7, 11) is 0. The Bertz CT molecular complexity index is 142. The van der Waals surface area contributed by atoms with Crippen LogP contribution in [0.5, 0.6) is 0 Å². The first-order valence-corrected chi connectivity index (χ1v) is 3.95. The molecule has 1 saturated carbocycles. The van der Waals surface area contributed by atoms with Crippen LogP contribution < -0.4 is 0 Å². The molecule has 2 heteroatoms. The summed E-state index contributed by atoms with van der Waals surface area (Å²) in [6.07, 6.45) is 3.35. The zero-order chi connectivity index (χ0) is 7.56. The minimum absolute atomic E-state index is 0.494. The van der Waals surface area contributed by atoms with Gasteiger partial charge in [-0.05, 0) is 31.1 Å². The molecular formula is C8H15NO. The van der Waals surface area contributed by atoms with Crippen molar-refractivity contribution in [3.05, 3.63) is 0 Å². The van der Waals surface area contributed by atoms with Gasteiger partial charge in [0.25, 0.3) is 0 Å². The van der Waals surface area contributed by atoms with Gasteiger partial charge in [-0.25, -0.2) is 0 Å². The molecule has 1 aliphatic rings. The lowest BCUT2D eigenvalue weighted by Crippen LogP contribution is -2.21. The van der Waals surface area contributed by atoms with Crippen LogP contribution in [-0.4, -0.2) is 10.9 Å². The zero-order valence-electron chi connectivity index (χ0n) is 6.67. The van der Waals surface area contributed by atoms with E-state index in [1.165, 1.54) is 12.8 Å². The summed E-state index contributed by atoms with van der Waals surface area (Å²) in [6.45, 7) is 4.38. The molecule has 0 radical (unpaired) electrons. The maximum absolute atomic E-state index is 8.54. The fourth-order valence-corrected chi connectivity index (χ4v) is 1.65. The first-order chi connectivity index (χ1) is 4.74. The normalized spacial score (nSPS) is 38.4. The van der Waals surface area contributed by atoms with Crippen molar-refractivity contribution in [3.8, 4) is 0 Å². The lowest BCUT2D eigenvalue weighted by molar-refractivity contribution is 0.304. The number of nitrogens with zero attached hydrogens (tertiary/aromatic N) is 1. The van der Waals surface area contributed by atoms with Gasteiger partial charge in [0.15, 0.2) is 0 Å². The first kappa shape index (κ1) is 7.58. The Morgan fingerprint density at radius 3 is 2.70 bits per heavy atom. The molecule has 2 atom stereocenters. The Hall–Kier alpha value is -0.530. The predicted molar refractivity (Wildman–Crippen MR) is 41.4 cm³/mol. The van der Waals surface area contributed by atoms with E-state index in [9.17, 15) is 0 Å². The molecule has 1 rings (SSSR count). The maximum Gasteiger partial charge on any atom is 0.0599 e. The van der Waals surface area contributed by atoms with Crippen LogP contribution in [0.25, 0.3) is 0 Å². The highest BCUT2D eigenvalue weighted by atomic mass is 16.4. The van der Waals surface area contributed by atoms with Crippen LogP contribution >= 0.6 is 0 Å². The molecule has 0 aromatic heterocycles. The van der Waals surface area contributed by atoms with Gasteiger partial charge in [0.05, 0.1) is 5.71 Å². The van der Waals surface area contributed by atoms with E-state index >= 15 is 0 Å². The number of rotatable bonds is 0. The van der Waals surface area contributed by atoms with Gasteiger partial charge in [-0.1, -0.05) is 19.0 Å². The summed E-state index contributed by atoms with van der Waals surface area (Å²) in [5.74, 6) is 1.30. The molecular weight excluding hydrogens is 126 g/mol. The van der Waals surface area contributed by atoms with Crippen molar-refractivity contribution in [2.45, 2.75) is 33.1 Å². The van der Waals surface area contributed by atoms with Gasteiger partial charge in [-0.3, -0.25) is 0 Å². The Morgan fingerprint density at radius 1 is 1.50 bits per heavy atom. The van der Waals surface area contributed by atoms with Gasteiger partial charge in [0.1, 0.15) is 0 Å². The van der Waals surface area contributed by atoms with Crippen LogP contribution in [0.15, 0.2) is 5.16 Å². The molecule has 0 saturated heterocycles. The highest BCUT2D eigenvalue weighted by Gasteiger charge is 2.20. The van der Waals surface area contributed by atoms with E-state index < -0.39 is 0 Å². The van der Waals surface area contributed by atoms with Gasteiger partial charge in [0, 0.05) is 0 Å². The number of oxime groups is 1. The molecule has 2 unspecified atom stereocenters. The molecule has 0 aliphatic heterocycles. The topological polar surface area (TPSA) is 32.6 Å². The van der Waals surface area contributed by atoms with Crippen molar-refractivity contribution in [1.29, 1.82) is 0 Å². The number of hydrogen-bond donors (Lipinski definition) is 1. The van der Waals surface area contributed by atoms with Gasteiger partial charge < -0.3 is 5.21 Å². The van der Waals surface area contributed by atoms with Crippen LogP contribution in [0, 0.1) is 11.8 Å². The second-order valence-electron chi connectivity index (χ2n) is 3.37. The molecule has 1 fully saturated rings. The van der Waals surface area contributed by atoms with Crippen LogP contribution in [0.4, 0.5) is 0 Å². The van der Waals surface area contributed by atoms with Crippen LogP contribution in [0.2, 0.25) is 0 Å². The summed E-state index contributed by atoms with van der Waals surface area (Å²) in [5.41, 5.74) is 0.984. The summed E-state index contributed by atoms with van der Waals surface area (Å²) in [4.78, 5) is 0. The van der Waals surface area contributed by atoms with Gasteiger partial charge in [-0.15, -0.1) is 0 Å². The van der Waals surface area contributed by atoms with E-state index in [4.69, 9.17) is 5.21 Å². The van der Waals surface area contributed by atoms with E-state index in [-0.39, 0.29) is 0 Å². The van der Waals surface area contributed by atoms with Crippen LogP contribution in [0.3, 0.4) is 0 Å². The van der Waals surface area contributed by atoms with Crippen molar-refractivity contribution < 1.29 is 5.21 Å². The molecule has 58 valence electrons. The molecule has 1 N–H and O–H groups in total. The minimum Gasteiger partial charge on any atom is -0.411 e. The lowest BCUT2D eigenvalue weighted by Gasteiger charge is -2.24. The summed E-state index contributed by atoms with van der Waals surface area (Å²) in [5, 5.41) is 11.8. The van der Waals surface area contributed by atoms with Crippen LogP contribution in [0.1, 0.15) is 33.1 Å². The fraction of sp³-hybridized carbons (Fsp3) is 0.875. The summed E-state index contributed by atoms with van der Waals surface area (Å²) >= 11 is 0. The molecule has 10 heavy (non-hydrogen) atoms. The average molecular weight is 141 g/mol. The highest BCUT2D eigenvalue weighted by Crippen LogP contribution is 2.25. The van der Waals surface area contributed by atoms with Crippen molar-refractivity contribution in [2.24, 2.45) is 17.0 Å². The maximum atomic E-state index is 8.54. The van der Waals surface area contributed by atoms with Crippen molar-refractivity contribution in [3.63, 3.8) is 0 Å². The van der Waals surface area contributed by atoms with E-state index in [1.54, 1.807) is 0 Å². The predicted octanol–water partition coefficient (Wildman–Crippen LogP) is 2.27. The van der Waals surface area contributed by atoms with Crippen molar-refractivity contribution in [1.82, 2.24) is 0 Å². The Labute approximate surface area is 61.9 Å². The third-order valence-corrected chi connectivity index (χ3v) is 2.35. The average Bonchev–Trinajstić information content (AvgIpc) is 1.88. The zero-order valence-corrected chi connectivity index (χ0v) is 6.67. The highest BCUT2D eigenvalue weighted by molar-refractivity contribution is 5.86. The number of hydrogen-bond acceptors (Lipinski definition) is 2. The summed E-state index contributed by atoms with van der Waals surface area (Å²) < 4.78 is 0. The van der Waals surface area contributed by atoms with Gasteiger partial charge in [-0.2, -0.15) is 0 Å². The Morgan fingerprint density at radius 2 is 2.20 bits per heavy atom. The van der Waals surface area contributed by atoms with Crippen molar-refractivity contribution in [2.75, 3.05) is 0 Å². The minimum atomic E-state index is 0.494. The quantitative estimate of drug-likeness (QED) is 0.407. The molecule has 1 aliphatic carbocycles. The molecule has 0 amide bonds. The molecule has 0 aromatic carbocycles. The Kier molecular flexibility index (Phi) is 2.30. The Balaban J connectivity index is 2.52. The second-order valence-corrected chi connectivity index (χ2v) is 3.37. The third kappa shape index (κ3) is 1.49. The van der Waals surface area contributed by atoms with Crippen LogP contribution in [-0.2, 0) is 0 Å². The largest absolute Gasteiger partial charge is 0.411 e. The molecule has 0 spiro atoms. The first-order valence-electron chi connectivity index (χ1n) is 3.95. The summed E-state index contributed by atoms with van der Waals surface area (Å²) in [6, 6.07) is 0. The van der Waals surface area contributed by atoms with E-state index in [1.807, 2.05) is 0 Å². The molecule has 0 aromatic rings. The smallest absolute Gasteiger partial charge is 0.0599 e. The second kappa shape index (κ2) is 3.04. The third-order valence-electron chi connectivity index (χ3n) is 2.35. The molecule has 0 bridgehead atoms. The van der Waals surface area contributed by atoms with Crippen molar-refractivity contribution >= 4 is 5.71 Å². The van der Waals surface area contributed by atoms with Gasteiger partial charge in [0.2, 0.25) is 0 Å². The SMILES string of the molecule is CC1CC/C(=N/O)C(C)C1. The molecule has 0 heterocycles. The van der Waals surface area contributed by atoms with Gasteiger partial charge >= 0.3 is 0 Å². The fourth-order valence-electron chi connectivity index (χ4n) is 1.65. The van der Waals surface area contributed by atoms with E-state index in [2.05, 4.69) is 19.0 Å². The monoisotopic (exact) mass is 141 g/mol.